The highest BCUT2D eigenvalue weighted by Gasteiger charge is 2.55. The van der Waals surface area contributed by atoms with Crippen LogP contribution in [0.15, 0.2) is 24.4 Å². The van der Waals surface area contributed by atoms with Crippen LogP contribution in [0, 0.1) is 17.8 Å². The van der Waals surface area contributed by atoms with Crippen LogP contribution in [0.2, 0.25) is 0 Å². The lowest BCUT2D eigenvalue weighted by molar-refractivity contribution is -0.137. The summed E-state index contributed by atoms with van der Waals surface area (Å²) in [5, 5.41) is 14.4. The molecule has 6 bridgehead atoms. The number of pyridine rings is 1. The van der Waals surface area contributed by atoms with Gasteiger partial charge in [0.25, 0.3) is 0 Å². The number of aliphatic hydroxyl groups is 1. The Hall–Kier alpha value is -1.86. The monoisotopic (exact) mass is 480 g/mol. The number of carbonyl (C=O) groups excluding carboxylic acids is 1. The van der Waals surface area contributed by atoms with Gasteiger partial charge in [-0.1, -0.05) is 6.07 Å². The summed E-state index contributed by atoms with van der Waals surface area (Å²) in [6, 6.07) is 7.15. The summed E-state index contributed by atoms with van der Waals surface area (Å²) < 4.78 is 6.63. The quantitative estimate of drug-likeness (QED) is 0.687. The Morgan fingerprint density at radius 2 is 1.69 bits per heavy atom. The minimum Gasteiger partial charge on any atom is -0.390 e. The maximum atomic E-state index is 13.5. The maximum absolute atomic E-state index is 13.5. The number of fused-ring (bicyclic) bond motifs is 2. The summed E-state index contributed by atoms with van der Waals surface area (Å²) in [7, 11) is 0. The molecule has 7 aliphatic rings. The lowest BCUT2D eigenvalue weighted by atomic mass is 9.52. The van der Waals surface area contributed by atoms with Crippen molar-refractivity contribution >= 4 is 11.8 Å². The van der Waals surface area contributed by atoms with Gasteiger partial charge in [-0.15, -0.1) is 0 Å². The Morgan fingerprint density at radius 1 is 0.971 bits per heavy atom. The van der Waals surface area contributed by atoms with Crippen LogP contribution in [0.25, 0.3) is 0 Å². The molecule has 7 nitrogen and oxygen atoms in total. The summed E-state index contributed by atoms with van der Waals surface area (Å²) in [6.45, 7) is 1.99. The van der Waals surface area contributed by atoms with Gasteiger partial charge in [-0.25, -0.2) is 9.78 Å². The normalized spacial score (nSPS) is 42.5. The van der Waals surface area contributed by atoms with Gasteiger partial charge >= 0.3 is 6.03 Å². The first-order chi connectivity index (χ1) is 17.0. The minimum absolute atomic E-state index is 0.157. The van der Waals surface area contributed by atoms with Crippen LogP contribution in [0.3, 0.4) is 0 Å². The summed E-state index contributed by atoms with van der Waals surface area (Å²) >= 11 is 0. The van der Waals surface area contributed by atoms with E-state index in [4.69, 9.17) is 4.74 Å². The van der Waals surface area contributed by atoms with Crippen molar-refractivity contribution in [3.63, 3.8) is 0 Å². The number of aromatic nitrogens is 1. The van der Waals surface area contributed by atoms with Gasteiger partial charge in [0.2, 0.25) is 0 Å². The second kappa shape index (κ2) is 8.62. The number of nitrogens with one attached hydrogen (secondary N) is 1. The zero-order valence-corrected chi connectivity index (χ0v) is 20.7. The van der Waals surface area contributed by atoms with Gasteiger partial charge in [0.05, 0.1) is 17.8 Å². The largest absolute Gasteiger partial charge is 0.390 e. The number of rotatable bonds is 4. The van der Waals surface area contributed by atoms with Gasteiger partial charge in [0, 0.05) is 37.4 Å². The van der Waals surface area contributed by atoms with E-state index in [1.54, 1.807) is 0 Å². The Labute approximate surface area is 208 Å². The van der Waals surface area contributed by atoms with Gasteiger partial charge in [-0.05, 0) is 101 Å². The molecule has 3 saturated heterocycles. The second-order valence-electron chi connectivity index (χ2n) is 12.6. The smallest absolute Gasteiger partial charge is 0.318 e. The molecule has 4 saturated carbocycles. The number of amides is 2. The van der Waals surface area contributed by atoms with E-state index in [1.165, 1.54) is 12.8 Å². The lowest BCUT2D eigenvalue weighted by Crippen LogP contribution is -2.64. The third-order valence-electron chi connectivity index (χ3n) is 10.3. The number of ether oxygens (including phenoxy) is 1. The number of carbonyl (C=O) groups is 1. The zero-order valence-electron chi connectivity index (χ0n) is 20.7. The molecule has 1 aromatic heterocycles. The molecule has 0 radical (unpaired) electrons. The van der Waals surface area contributed by atoms with Crippen molar-refractivity contribution in [1.82, 2.24) is 15.2 Å². The molecule has 190 valence electrons. The molecule has 4 aliphatic carbocycles. The lowest BCUT2D eigenvalue weighted by Gasteiger charge is -2.58. The van der Waals surface area contributed by atoms with Crippen molar-refractivity contribution in [2.45, 2.75) is 107 Å². The van der Waals surface area contributed by atoms with Gasteiger partial charge < -0.3 is 25.0 Å². The van der Waals surface area contributed by atoms with Crippen molar-refractivity contribution < 1.29 is 14.6 Å². The maximum Gasteiger partial charge on any atom is 0.318 e. The van der Waals surface area contributed by atoms with Crippen molar-refractivity contribution in [2.24, 2.45) is 17.8 Å². The van der Waals surface area contributed by atoms with E-state index in [9.17, 15) is 9.90 Å². The molecule has 0 spiro atoms. The van der Waals surface area contributed by atoms with E-state index in [1.807, 2.05) is 12.3 Å². The first kappa shape index (κ1) is 22.3. The molecule has 2 amide bonds. The standard InChI is InChI=1S/C28H40N4O3/c33-27(30-26-19-11-18-12-20(26)17-28(34,15-18)16-19)32-21-4-5-22(32)14-24(13-21)35-23-6-9-31(10-7-23)25-3-1-2-8-29-25/h1-3,8,18-24,26,34H,4-7,9-17H2,(H,30,33). The van der Waals surface area contributed by atoms with E-state index in [2.05, 4.69) is 32.2 Å². The van der Waals surface area contributed by atoms with E-state index >= 15 is 0 Å². The zero-order chi connectivity index (χ0) is 23.6. The van der Waals surface area contributed by atoms with Crippen molar-refractivity contribution in [1.29, 1.82) is 0 Å². The third kappa shape index (κ3) is 4.12. The minimum atomic E-state index is -0.444. The number of anilines is 1. The first-order valence-corrected chi connectivity index (χ1v) is 14.2. The Bertz CT molecular complexity index is 905. The van der Waals surface area contributed by atoms with Gasteiger partial charge in [0.1, 0.15) is 5.82 Å². The van der Waals surface area contributed by atoms with Crippen molar-refractivity contribution in [3.8, 4) is 0 Å². The van der Waals surface area contributed by atoms with Crippen LogP contribution >= 0.6 is 0 Å². The number of hydrogen-bond acceptors (Lipinski definition) is 5. The van der Waals surface area contributed by atoms with E-state index in [-0.39, 0.29) is 18.2 Å². The average molecular weight is 481 g/mol. The summed E-state index contributed by atoms with van der Waals surface area (Å²) in [6.07, 6.45) is 13.8. The summed E-state index contributed by atoms with van der Waals surface area (Å²) in [4.78, 5) is 22.5. The SMILES string of the molecule is O=C(NC1C2CC3CC1CC(O)(C3)C2)N1C2CCC1CC(OC1CCN(c3ccccn3)CC1)C2. The van der Waals surface area contributed by atoms with Crippen LogP contribution in [-0.4, -0.2) is 70.0 Å². The molecule has 7 fully saturated rings. The molecule has 3 aliphatic heterocycles. The highest BCUT2D eigenvalue weighted by molar-refractivity contribution is 5.76. The number of urea groups is 1. The predicted octanol–water partition coefficient (Wildman–Crippen LogP) is 3.71. The summed E-state index contributed by atoms with van der Waals surface area (Å²) in [5.74, 6) is 2.67. The predicted molar refractivity (Wildman–Crippen MR) is 133 cm³/mol. The van der Waals surface area contributed by atoms with Crippen LogP contribution in [0.4, 0.5) is 10.6 Å². The van der Waals surface area contributed by atoms with Crippen molar-refractivity contribution in [2.75, 3.05) is 18.0 Å². The summed E-state index contributed by atoms with van der Waals surface area (Å²) in [5.41, 5.74) is -0.444. The molecule has 35 heavy (non-hydrogen) atoms. The van der Waals surface area contributed by atoms with E-state index in [0.717, 1.165) is 76.7 Å². The van der Waals surface area contributed by atoms with E-state index in [0.29, 0.717) is 35.9 Å². The molecule has 4 atom stereocenters. The molecular weight excluding hydrogens is 440 g/mol. The third-order valence-corrected chi connectivity index (χ3v) is 10.3. The fourth-order valence-electron chi connectivity index (χ4n) is 9.04. The fraction of sp³-hybridized carbons (Fsp3) is 0.786. The fourth-order valence-corrected chi connectivity index (χ4v) is 9.04. The number of nitrogens with zero attached hydrogens (tertiary/aromatic N) is 3. The molecule has 8 rings (SSSR count). The van der Waals surface area contributed by atoms with Crippen molar-refractivity contribution in [3.05, 3.63) is 24.4 Å². The van der Waals surface area contributed by atoms with Crippen LogP contribution in [0.1, 0.15) is 70.6 Å². The molecule has 0 aromatic carbocycles. The van der Waals surface area contributed by atoms with Gasteiger partial charge in [0.15, 0.2) is 0 Å². The topological polar surface area (TPSA) is 77.9 Å². The Kier molecular flexibility index (Phi) is 5.50. The molecule has 4 unspecified atom stereocenters. The number of piperidine rings is 2. The van der Waals surface area contributed by atoms with E-state index < -0.39 is 5.60 Å². The van der Waals surface area contributed by atoms with Crippen LogP contribution in [0.5, 0.6) is 0 Å². The van der Waals surface area contributed by atoms with Crippen LogP contribution < -0.4 is 10.2 Å². The molecule has 4 heterocycles. The number of hydrogen-bond donors (Lipinski definition) is 2. The second-order valence-corrected chi connectivity index (χ2v) is 12.6. The molecule has 1 aromatic rings. The average Bonchev–Trinajstić information content (AvgIpc) is 3.12. The molecular formula is C28H40N4O3. The molecule has 7 heteroatoms. The highest BCUT2D eigenvalue weighted by atomic mass is 16.5. The van der Waals surface area contributed by atoms with Crippen LogP contribution in [-0.2, 0) is 4.74 Å². The first-order valence-electron chi connectivity index (χ1n) is 14.2. The highest BCUT2D eigenvalue weighted by Crippen LogP contribution is 2.55. The van der Waals surface area contributed by atoms with Gasteiger partial charge in [-0.3, -0.25) is 0 Å². The Morgan fingerprint density at radius 3 is 2.31 bits per heavy atom. The van der Waals surface area contributed by atoms with Gasteiger partial charge in [-0.2, -0.15) is 0 Å². The molecule has 2 N–H and O–H groups in total. The Balaban J connectivity index is 0.928.